The zero-order chi connectivity index (χ0) is 24.8. The summed E-state index contributed by atoms with van der Waals surface area (Å²) in [6.45, 7) is 3.97. The Balaban J connectivity index is 1.33. The van der Waals surface area contributed by atoms with Crippen molar-refractivity contribution in [3.8, 4) is 5.75 Å². The van der Waals surface area contributed by atoms with Crippen LogP contribution < -0.4 is 20.3 Å². The molecule has 2 aromatic carbocycles. The number of amides is 3. The van der Waals surface area contributed by atoms with Crippen LogP contribution in [-0.4, -0.2) is 86.5 Å². The molecule has 2 heterocycles. The number of nitrogens with zero attached hydrogens (tertiary/aromatic N) is 3. The Kier molecular flexibility index (Phi) is 8.09. The fourth-order valence-corrected chi connectivity index (χ4v) is 4.59. The summed E-state index contributed by atoms with van der Waals surface area (Å²) in [4.78, 5) is 44.3. The van der Waals surface area contributed by atoms with E-state index in [1.54, 1.807) is 31.4 Å². The van der Waals surface area contributed by atoms with Gasteiger partial charge in [0.25, 0.3) is 0 Å². The normalized spacial score (nSPS) is 18.7. The highest BCUT2D eigenvalue weighted by Crippen LogP contribution is 2.23. The Labute approximate surface area is 210 Å². The third-order valence-electron chi connectivity index (χ3n) is 6.33. The van der Waals surface area contributed by atoms with Gasteiger partial charge in [-0.05, 0) is 24.3 Å². The molecule has 10 heteroatoms. The summed E-state index contributed by atoms with van der Waals surface area (Å²) in [7, 11) is 1.65. The largest absolute Gasteiger partial charge is 0.497 e. The van der Waals surface area contributed by atoms with E-state index in [0.717, 1.165) is 37.6 Å². The number of piperazine rings is 2. The average Bonchev–Trinajstić information content (AvgIpc) is 2.87. The van der Waals surface area contributed by atoms with Gasteiger partial charge in [0.05, 0.1) is 30.8 Å². The van der Waals surface area contributed by atoms with Crippen LogP contribution in [0.3, 0.4) is 0 Å². The molecule has 0 spiro atoms. The molecule has 3 amide bonds. The van der Waals surface area contributed by atoms with E-state index in [-0.39, 0.29) is 30.7 Å². The molecule has 0 unspecified atom stereocenters. The number of carbonyl (C=O) groups is 3. The van der Waals surface area contributed by atoms with E-state index >= 15 is 0 Å². The van der Waals surface area contributed by atoms with Crippen molar-refractivity contribution in [1.29, 1.82) is 0 Å². The van der Waals surface area contributed by atoms with E-state index in [2.05, 4.69) is 20.4 Å². The number of hydrogen-bond acceptors (Lipinski definition) is 6. The third-order valence-corrected chi connectivity index (χ3v) is 6.66. The Morgan fingerprint density at radius 3 is 2.60 bits per heavy atom. The molecule has 9 nitrogen and oxygen atoms in total. The summed E-state index contributed by atoms with van der Waals surface area (Å²) in [5.41, 5.74) is 1.56. The van der Waals surface area contributed by atoms with Gasteiger partial charge < -0.3 is 25.2 Å². The number of anilines is 2. The van der Waals surface area contributed by atoms with Crippen LogP contribution in [-0.2, 0) is 14.4 Å². The Hall–Kier alpha value is -3.30. The molecule has 0 bridgehead atoms. The van der Waals surface area contributed by atoms with Crippen LogP contribution in [0, 0.1) is 0 Å². The molecule has 4 rings (SSSR count). The summed E-state index contributed by atoms with van der Waals surface area (Å²) in [5.74, 6) is -0.0232. The molecule has 2 fully saturated rings. The van der Waals surface area contributed by atoms with Gasteiger partial charge in [-0.15, -0.1) is 0 Å². The average molecular weight is 500 g/mol. The highest BCUT2D eigenvalue weighted by atomic mass is 35.5. The molecule has 2 aliphatic heterocycles. The van der Waals surface area contributed by atoms with Crippen LogP contribution in [0.25, 0.3) is 0 Å². The molecule has 0 saturated carbocycles. The number of rotatable bonds is 7. The van der Waals surface area contributed by atoms with Gasteiger partial charge in [-0.1, -0.05) is 29.8 Å². The molecule has 0 aliphatic carbocycles. The van der Waals surface area contributed by atoms with Crippen molar-refractivity contribution in [2.24, 2.45) is 0 Å². The molecule has 186 valence electrons. The van der Waals surface area contributed by atoms with Crippen molar-refractivity contribution in [2.45, 2.75) is 12.5 Å². The number of para-hydroxylation sites is 1. The molecule has 2 aromatic rings. The summed E-state index contributed by atoms with van der Waals surface area (Å²) in [6, 6.07) is 14.0. The first-order valence-corrected chi connectivity index (χ1v) is 12.1. The predicted molar refractivity (Wildman–Crippen MR) is 135 cm³/mol. The van der Waals surface area contributed by atoms with E-state index < -0.39 is 6.04 Å². The lowest BCUT2D eigenvalue weighted by atomic mass is 10.1. The van der Waals surface area contributed by atoms with Crippen molar-refractivity contribution in [1.82, 2.24) is 15.1 Å². The second-order valence-corrected chi connectivity index (χ2v) is 9.00. The van der Waals surface area contributed by atoms with E-state index in [9.17, 15) is 14.4 Å². The topological polar surface area (TPSA) is 94.2 Å². The monoisotopic (exact) mass is 499 g/mol. The van der Waals surface area contributed by atoms with E-state index in [0.29, 0.717) is 23.8 Å². The van der Waals surface area contributed by atoms with Crippen molar-refractivity contribution in [2.75, 3.05) is 63.1 Å². The van der Waals surface area contributed by atoms with Gasteiger partial charge in [-0.3, -0.25) is 19.3 Å². The molecular weight excluding hydrogens is 470 g/mol. The van der Waals surface area contributed by atoms with Gasteiger partial charge in [0.1, 0.15) is 11.8 Å². The second kappa shape index (κ2) is 11.4. The second-order valence-electron chi connectivity index (χ2n) is 8.59. The van der Waals surface area contributed by atoms with Crippen LogP contribution in [0.2, 0.25) is 5.02 Å². The predicted octanol–water partition coefficient (Wildman–Crippen LogP) is 1.83. The zero-order valence-electron chi connectivity index (χ0n) is 19.7. The Morgan fingerprint density at radius 1 is 1.09 bits per heavy atom. The highest BCUT2D eigenvalue weighted by molar-refractivity contribution is 6.33. The summed E-state index contributed by atoms with van der Waals surface area (Å²) in [5, 5.41) is 5.91. The number of halogens is 1. The lowest BCUT2D eigenvalue weighted by Crippen LogP contribution is -2.60. The minimum Gasteiger partial charge on any atom is -0.497 e. The molecule has 1 atom stereocenters. The maximum Gasteiger partial charge on any atom is 0.243 e. The quantitative estimate of drug-likeness (QED) is 0.603. The Bertz CT molecular complexity index is 1070. The smallest absolute Gasteiger partial charge is 0.243 e. The third kappa shape index (κ3) is 6.23. The van der Waals surface area contributed by atoms with Gasteiger partial charge in [0, 0.05) is 51.0 Å². The molecule has 2 aliphatic rings. The molecular formula is C25H30ClN5O4. The molecule has 2 saturated heterocycles. The van der Waals surface area contributed by atoms with Crippen LogP contribution in [0.1, 0.15) is 6.42 Å². The summed E-state index contributed by atoms with van der Waals surface area (Å²) >= 11 is 6.12. The van der Waals surface area contributed by atoms with E-state index in [4.69, 9.17) is 16.3 Å². The lowest BCUT2D eigenvalue weighted by molar-refractivity contribution is -0.145. The standard InChI is InChI=1S/C25H30ClN5O4/c1-35-19-6-4-5-18(15-19)30-13-11-29(12-14-30)17-24(33)31-10-9-27-25(34)22(31)16-23(32)28-21-8-3-2-7-20(21)26/h2-8,15,22H,9-14,16-17H2,1H3,(H,27,34)(H,28,32)/t22-/m1/s1. The molecule has 0 aromatic heterocycles. The number of methoxy groups -OCH3 is 1. The first-order chi connectivity index (χ1) is 16.9. The first-order valence-electron chi connectivity index (χ1n) is 11.7. The molecule has 35 heavy (non-hydrogen) atoms. The number of nitrogens with one attached hydrogen (secondary N) is 2. The van der Waals surface area contributed by atoms with Gasteiger partial charge in [-0.25, -0.2) is 0 Å². The SMILES string of the molecule is COc1cccc(N2CCN(CC(=O)N3CCNC(=O)[C@H]3CC(=O)Nc3ccccc3Cl)CC2)c1. The Morgan fingerprint density at radius 2 is 1.86 bits per heavy atom. The number of benzene rings is 2. The van der Waals surface area contributed by atoms with Crippen LogP contribution in [0.4, 0.5) is 11.4 Å². The van der Waals surface area contributed by atoms with Crippen LogP contribution in [0.5, 0.6) is 5.75 Å². The molecule has 2 N–H and O–H groups in total. The lowest BCUT2D eigenvalue weighted by Gasteiger charge is -2.39. The number of hydrogen-bond donors (Lipinski definition) is 2. The maximum atomic E-state index is 13.2. The van der Waals surface area contributed by atoms with Gasteiger partial charge in [-0.2, -0.15) is 0 Å². The van der Waals surface area contributed by atoms with E-state index in [1.165, 1.54) is 4.90 Å². The van der Waals surface area contributed by atoms with Crippen molar-refractivity contribution in [3.05, 3.63) is 53.6 Å². The van der Waals surface area contributed by atoms with Gasteiger partial charge in [0.15, 0.2) is 0 Å². The number of carbonyl (C=O) groups excluding carboxylic acids is 3. The van der Waals surface area contributed by atoms with Crippen LogP contribution >= 0.6 is 11.6 Å². The van der Waals surface area contributed by atoms with Crippen molar-refractivity contribution >= 4 is 40.7 Å². The van der Waals surface area contributed by atoms with Crippen LogP contribution in [0.15, 0.2) is 48.5 Å². The zero-order valence-corrected chi connectivity index (χ0v) is 20.5. The number of ether oxygens (including phenoxy) is 1. The summed E-state index contributed by atoms with van der Waals surface area (Å²) in [6.07, 6.45) is -0.133. The first kappa shape index (κ1) is 24.8. The van der Waals surface area contributed by atoms with Crippen molar-refractivity contribution < 1.29 is 19.1 Å². The highest BCUT2D eigenvalue weighted by Gasteiger charge is 2.35. The minimum absolute atomic E-state index is 0.133. The fraction of sp³-hybridized carbons (Fsp3) is 0.400. The van der Waals surface area contributed by atoms with Crippen molar-refractivity contribution in [3.63, 3.8) is 0 Å². The van der Waals surface area contributed by atoms with E-state index in [1.807, 2.05) is 24.3 Å². The maximum absolute atomic E-state index is 13.2. The molecule has 0 radical (unpaired) electrons. The summed E-state index contributed by atoms with van der Waals surface area (Å²) < 4.78 is 5.32. The van der Waals surface area contributed by atoms with Gasteiger partial charge in [0.2, 0.25) is 17.7 Å². The van der Waals surface area contributed by atoms with Gasteiger partial charge >= 0.3 is 0 Å². The minimum atomic E-state index is -0.850. The fourth-order valence-electron chi connectivity index (χ4n) is 4.41.